The monoisotopic (exact) mass is 780 g/mol. The van der Waals surface area contributed by atoms with Crippen molar-refractivity contribution >= 4 is 50.7 Å². The molecule has 3 aliphatic rings. The third kappa shape index (κ3) is 8.39. The number of hydrogen-bond acceptors (Lipinski definition) is 11. The fraction of sp³-hybridized carbons (Fsp3) is 0.324. The quantitative estimate of drug-likeness (QED) is 0.154. The molecule has 0 saturated carbocycles. The van der Waals surface area contributed by atoms with Crippen molar-refractivity contribution in [3.8, 4) is 0 Å². The van der Waals surface area contributed by atoms with Crippen LogP contribution in [0.5, 0.6) is 0 Å². The molecule has 2 fully saturated rings. The number of carbonyl (C=O) groups excluding carboxylic acids is 3. The summed E-state index contributed by atoms with van der Waals surface area (Å²) in [7, 11) is -3.50. The van der Waals surface area contributed by atoms with Crippen molar-refractivity contribution < 1.29 is 40.4 Å². The Labute approximate surface area is 313 Å². The zero-order valence-corrected chi connectivity index (χ0v) is 30.3. The largest absolute Gasteiger partial charge is 0.421 e. The number of aromatic nitrogens is 2. The summed E-state index contributed by atoms with van der Waals surface area (Å²) in [6.45, 7) is 2.94. The maximum atomic E-state index is 15.2. The molecule has 0 spiro atoms. The van der Waals surface area contributed by atoms with Gasteiger partial charge in [-0.25, -0.2) is 17.8 Å². The Morgan fingerprint density at radius 2 is 1.73 bits per heavy atom. The van der Waals surface area contributed by atoms with E-state index < -0.39 is 51.1 Å². The molecule has 0 aliphatic carbocycles. The molecule has 3 aromatic carbocycles. The minimum Gasteiger partial charge on any atom is -0.369 e. The maximum absolute atomic E-state index is 15.2. The Morgan fingerprint density at radius 3 is 2.42 bits per heavy atom. The summed E-state index contributed by atoms with van der Waals surface area (Å²) in [5.41, 5.74) is 2.15. The predicted octanol–water partition coefficient (Wildman–Crippen LogP) is 4.48. The topological polar surface area (TPSA) is 157 Å². The third-order valence-corrected chi connectivity index (χ3v) is 10.9. The Morgan fingerprint density at radius 1 is 0.982 bits per heavy atom. The van der Waals surface area contributed by atoms with Crippen LogP contribution in [0.1, 0.15) is 45.5 Å². The van der Waals surface area contributed by atoms with Crippen molar-refractivity contribution in [2.45, 2.75) is 49.6 Å². The lowest BCUT2D eigenvalue weighted by atomic mass is 10.0. The number of imide groups is 1. The van der Waals surface area contributed by atoms with Crippen LogP contribution in [0, 0.1) is 5.82 Å². The van der Waals surface area contributed by atoms with Crippen LogP contribution >= 0.6 is 0 Å². The molecule has 3 aliphatic heterocycles. The van der Waals surface area contributed by atoms with Crippen LogP contribution in [0.2, 0.25) is 0 Å². The zero-order chi connectivity index (χ0) is 39.1. The molecule has 0 bridgehead atoms. The number of rotatable bonds is 10. The van der Waals surface area contributed by atoms with Gasteiger partial charge in [0.15, 0.2) is 9.84 Å². The molecule has 4 heterocycles. The molecule has 288 valence electrons. The number of nitrogens with one attached hydrogen (secondary N) is 3. The van der Waals surface area contributed by atoms with E-state index in [4.69, 9.17) is 0 Å². The van der Waals surface area contributed by atoms with Gasteiger partial charge in [0.2, 0.25) is 17.8 Å². The summed E-state index contributed by atoms with van der Waals surface area (Å²) >= 11 is 0. The Kier molecular flexibility index (Phi) is 10.2. The van der Waals surface area contributed by atoms with Crippen molar-refractivity contribution in [3.63, 3.8) is 0 Å². The highest BCUT2D eigenvalue weighted by atomic mass is 32.2. The number of piperidine rings is 1. The van der Waals surface area contributed by atoms with Crippen LogP contribution < -0.4 is 20.9 Å². The first-order valence-electron chi connectivity index (χ1n) is 17.4. The number of benzene rings is 3. The molecule has 4 aromatic rings. The van der Waals surface area contributed by atoms with E-state index in [0.29, 0.717) is 61.3 Å². The smallest absolute Gasteiger partial charge is 0.369 e. The van der Waals surface area contributed by atoms with Crippen molar-refractivity contribution in [2.75, 3.05) is 48.0 Å². The molecule has 0 radical (unpaired) electrons. The lowest BCUT2D eigenvalue weighted by Gasteiger charge is -2.36. The van der Waals surface area contributed by atoms with Gasteiger partial charge >= 0.3 is 6.18 Å². The minimum absolute atomic E-state index is 0.0472. The SMILES string of the molecule is CS(=O)(=O)c1cccc(CNc2nc(Nc3ccc(N4CCN(Cc5cc6c(cc5F)C(=O)N(C5CCC(=O)NC5=O)C6)CC4)cc3)ncc2C(F)(F)F)c1. The molecule has 7 rings (SSSR count). The van der Waals surface area contributed by atoms with Crippen molar-refractivity contribution in [2.24, 2.45) is 0 Å². The van der Waals surface area contributed by atoms with E-state index in [2.05, 4.69) is 35.7 Å². The number of carbonyl (C=O) groups is 3. The fourth-order valence-electron chi connectivity index (χ4n) is 6.91. The highest BCUT2D eigenvalue weighted by molar-refractivity contribution is 7.90. The molecule has 55 heavy (non-hydrogen) atoms. The molecule has 1 atom stereocenters. The van der Waals surface area contributed by atoms with E-state index >= 15 is 4.39 Å². The van der Waals surface area contributed by atoms with Crippen LogP contribution in [0.3, 0.4) is 0 Å². The summed E-state index contributed by atoms with van der Waals surface area (Å²) in [6, 6.07) is 15.3. The van der Waals surface area contributed by atoms with Crippen molar-refractivity contribution in [1.82, 2.24) is 25.1 Å². The van der Waals surface area contributed by atoms with Gasteiger partial charge in [0.25, 0.3) is 5.91 Å². The molecule has 3 amide bonds. The average Bonchev–Trinajstić information content (AvgIpc) is 3.45. The summed E-state index contributed by atoms with van der Waals surface area (Å²) in [6.07, 6.45) is -2.65. The number of alkyl halides is 3. The predicted molar refractivity (Wildman–Crippen MR) is 194 cm³/mol. The molecule has 13 nitrogen and oxygen atoms in total. The second kappa shape index (κ2) is 14.9. The normalized spacial score (nSPS) is 18.0. The Hall–Kier alpha value is -5.62. The lowest BCUT2D eigenvalue weighted by molar-refractivity contribution is -0.138. The van der Waals surface area contributed by atoms with Crippen LogP contribution in [0.25, 0.3) is 0 Å². The van der Waals surface area contributed by atoms with Gasteiger partial charge in [0.05, 0.1) is 4.90 Å². The number of sulfone groups is 1. The number of halogens is 4. The molecule has 2 saturated heterocycles. The Balaban J connectivity index is 0.950. The van der Waals surface area contributed by atoms with Crippen LogP contribution in [0.15, 0.2) is 71.8 Å². The van der Waals surface area contributed by atoms with Gasteiger partial charge in [-0.05, 0) is 66.1 Å². The number of amides is 3. The molecule has 1 unspecified atom stereocenters. The van der Waals surface area contributed by atoms with Crippen LogP contribution in [-0.4, -0.2) is 84.4 Å². The summed E-state index contributed by atoms with van der Waals surface area (Å²) < 4.78 is 80.5. The second-order valence-corrected chi connectivity index (χ2v) is 15.7. The summed E-state index contributed by atoms with van der Waals surface area (Å²) in [5.74, 6) is -2.36. The molecule has 3 N–H and O–H groups in total. The number of anilines is 4. The van der Waals surface area contributed by atoms with E-state index in [-0.39, 0.29) is 48.2 Å². The zero-order valence-electron chi connectivity index (χ0n) is 29.5. The minimum atomic E-state index is -4.74. The van der Waals surface area contributed by atoms with Crippen LogP contribution in [-0.2, 0) is 45.2 Å². The average molecular weight is 781 g/mol. The molecule has 18 heteroatoms. The lowest BCUT2D eigenvalue weighted by Crippen LogP contribution is -2.52. The third-order valence-electron chi connectivity index (χ3n) is 9.83. The fourth-order valence-corrected chi connectivity index (χ4v) is 7.60. The molecule has 1 aromatic heterocycles. The van der Waals surface area contributed by atoms with Gasteiger partial charge in [-0.15, -0.1) is 0 Å². The summed E-state index contributed by atoms with van der Waals surface area (Å²) in [5, 5.41) is 7.87. The first kappa shape index (κ1) is 37.7. The van der Waals surface area contributed by atoms with Crippen LogP contribution in [0.4, 0.5) is 40.7 Å². The first-order valence-corrected chi connectivity index (χ1v) is 19.3. The van der Waals surface area contributed by atoms with E-state index in [0.717, 1.165) is 11.9 Å². The van der Waals surface area contributed by atoms with E-state index in [9.17, 15) is 36.0 Å². The van der Waals surface area contributed by atoms with Gasteiger partial charge in [-0.3, -0.25) is 24.6 Å². The van der Waals surface area contributed by atoms with E-state index in [1.807, 2.05) is 12.1 Å². The number of fused-ring (bicyclic) bond motifs is 1. The van der Waals surface area contributed by atoms with Gasteiger partial charge in [-0.2, -0.15) is 18.2 Å². The Bertz CT molecular complexity index is 2260. The van der Waals surface area contributed by atoms with Crippen molar-refractivity contribution in [1.29, 1.82) is 0 Å². The van der Waals surface area contributed by atoms with Gasteiger partial charge in [-0.1, -0.05) is 12.1 Å². The standard InChI is InChI=1S/C37H36F4N8O5S/c1-55(53,54)27-4-2-3-22(15-27)18-42-33-29(37(39,40)41)19-43-36(46-33)44-25-5-7-26(8-6-25)48-13-11-47(12-14-48)20-24-16-23-21-49(35(52)28(23)17-30(24)38)31-9-10-32(50)45-34(31)51/h2-8,15-17,19,31H,9-14,18,20-21H2,1H3,(H,45,50,51)(H2,42,43,44,46). The highest BCUT2D eigenvalue weighted by Gasteiger charge is 2.40. The van der Waals surface area contributed by atoms with Gasteiger partial charge in [0.1, 0.15) is 23.2 Å². The van der Waals surface area contributed by atoms with E-state index in [1.54, 1.807) is 24.3 Å². The van der Waals surface area contributed by atoms with Gasteiger partial charge in [0, 0.05) is 87.2 Å². The van der Waals surface area contributed by atoms with Crippen molar-refractivity contribution in [3.05, 3.63) is 100 Å². The number of nitrogens with zero attached hydrogens (tertiary/aromatic N) is 5. The number of hydrogen-bond donors (Lipinski definition) is 3. The first-order chi connectivity index (χ1) is 26.1. The number of piperazine rings is 1. The van der Waals surface area contributed by atoms with E-state index in [1.165, 1.54) is 29.2 Å². The van der Waals surface area contributed by atoms with Gasteiger partial charge < -0.3 is 20.4 Å². The molecular weight excluding hydrogens is 745 g/mol. The maximum Gasteiger partial charge on any atom is 0.421 e. The highest BCUT2D eigenvalue weighted by Crippen LogP contribution is 2.35. The molecular formula is C37H36F4N8O5S. The second-order valence-electron chi connectivity index (χ2n) is 13.7. The summed E-state index contributed by atoms with van der Waals surface area (Å²) in [4.78, 5) is 50.6.